The van der Waals surface area contributed by atoms with E-state index in [0.717, 1.165) is 11.1 Å². The van der Waals surface area contributed by atoms with E-state index in [4.69, 9.17) is 4.74 Å². The van der Waals surface area contributed by atoms with Crippen molar-refractivity contribution < 1.29 is 13.2 Å². The highest BCUT2D eigenvalue weighted by Gasteiger charge is 2.12. The fourth-order valence-electron chi connectivity index (χ4n) is 1.96. The lowest BCUT2D eigenvalue weighted by atomic mass is 10.1. The maximum atomic E-state index is 12.1. The Bertz CT molecular complexity index is 652. The van der Waals surface area contributed by atoms with E-state index in [-0.39, 0.29) is 4.90 Å². The summed E-state index contributed by atoms with van der Waals surface area (Å²) in [7, 11) is -1.85. The van der Waals surface area contributed by atoms with Crippen molar-refractivity contribution in [3.63, 3.8) is 0 Å². The van der Waals surface area contributed by atoms with Crippen molar-refractivity contribution >= 4 is 10.0 Å². The molecule has 0 saturated carbocycles. The monoisotopic (exact) mass is 305 g/mol. The molecule has 21 heavy (non-hydrogen) atoms. The molecule has 1 N–H and O–H groups in total. The molecule has 0 aromatic heterocycles. The van der Waals surface area contributed by atoms with Crippen molar-refractivity contribution in [1.29, 1.82) is 0 Å². The van der Waals surface area contributed by atoms with E-state index >= 15 is 0 Å². The molecule has 4 nitrogen and oxygen atoms in total. The summed E-state index contributed by atoms with van der Waals surface area (Å²) in [6.07, 6.45) is 0.651. The number of ether oxygens (including phenoxy) is 1. The van der Waals surface area contributed by atoms with Gasteiger partial charge in [-0.1, -0.05) is 42.5 Å². The van der Waals surface area contributed by atoms with Crippen molar-refractivity contribution in [2.24, 2.45) is 0 Å². The molecule has 0 radical (unpaired) electrons. The number of hydrogen-bond acceptors (Lipinski definition) is 3. The van der Waals surface area contributed by atoms with E-state index in [2.05, 4.69) is 4.72 Å². The van der Waals surface area contributed by atoms with Crippen LogP contribution in [0.2, 0.25) is 0 Å². The molecule has 2 aromatic carbocycles. The van der Waals surface area contributed by atoms with Gasteiger partial charge in [0.25, 0.3) is 0 Å². The number of sulfonamides is 1. The Morgan fingerprint density at radius 2 is 1.57 bits per heavy atom. The minimum absolute atomic E-state index is 0.277. The molecule has 5 heteroatoms. The fraction of sp³-hybridized carbons (Fsp3) is 0.250. The summed E-state index contributed by atoms with van der Waals surface area (Å²) in [5.74, 6) is 0. The standard InChI is InChI=1S/C16H19NO3S/c1-20-13-5-12-17-21(18,19)16-10-8-15(9-11-16)14-6-3-2-4-7-14/h2-4,6-11,17H,5,12-13H2,1H3. The molecule has 0 unspecified atom stereocenters. The first-order chi connectivity index (χ1) is 10.1. The van der Waals surface area contributed by atoms with Crippen molar-refractivity contribution in [2.45, 2.75) is 11.3 Å². The first kappa shape index (κ1) is 15.7. The molecule has 0 aliphatic carbocycles. The van der Waals surface area contributed by atoms with Crippen LogP contribution in [0.15, 0.2) is 59.5 Å². The maximum Gasteiger partial charge on any atom is 0.240 e. The zero-order chi connectivity index (χ0) is 15.1. The molecule has 2 aromatic rings. The van der Waals surface area contributed by atoms with Crippen LogP contribution in [-0.4, -0.2) is 28.7 Å². The molecule has 112 valence electrons. The molecule has 0 bridgehead atoms. The predicted octanol–water partition coefficient (Wildman–Crippen LogP) is 2.67. The van der Waals surface area contributed by atoms with Crippen molar-refractivity contribution in [2.75, 3.05) is 20.3 Å². The minimum atomic E-state index is -3.45. The van der Waals surface area contributed by atoms with Crippen LogP contribution >= 0.6 is 0 Å². The Kier molecular flexibility index (Phi) is 5.50. The Hall–Kier alpha value is -1.69. The predicted molar refractivity (Wildman–Crippen MR) is 83.6 cm³/mol. The second-order valence-electron chi connectivity index (χ2n) is 4.63. The topological polar surface area (TPSA) is 55.4 Å². The number of benzene rings is 2. The van der Waals surface area contributed by atoms with E-state index in [1.165, 1.54) is 0 Å². The van der Waals surface area contributed by atoms with Gasteiger partial charge in [0.05, 0.1) is 4.90 Å². The van der Waals surface area contributed by atoms with Crippen LogP contribution in [0, 0.1) is 0 Å². The zero-order valence-corrected chi connectivity index (χ0v) is 12.8. The van der Waals surface area contributed by atoms with Gasteiger partial charge >= 0.3 is 0 Å². The Balaban J connectivity index is 2.08. The van der Waals surface area contributed by atoms with Crippen LogP contribution in [0.3, 0.4) is 0 Å². The zero-order valence-electron chi connectivity index (χ0n) is 12.0. The SMILES string of the molecule is COCCCNS(=O)(=O)c1ccc(-c2ccccc2)cc1. The van der Waals surface area contributed by atoms with E-state index < -0.39 is 10.0 Å². The van der Waals surface area contributed by atoms with Crippen LogP contribution in [-0.2, 0) is 14.8 Å². The highest BCUT2D eigenvalue weighted by Crippen LogP contribution is 2.20. The maximum absolute atomic E-state index is 12.1. The lowest BCUT2D eigenvalue weighted by Crippen LogP contribution is -2.25. The average molecular weight is 305 g/mol. The first-order valence-corrected chi connectivity index (χ1v) is 8.26. The second kappa shape index (κ2) is 7.36. The third kappa shape index (κ3) is 4.39. The second-order valence-corrected chi connectivity index (χ2v) is 6.40. The quantitative estimate of drug-likeness (QED) is 0.800. The average Bonchev–Trinajstić information content (AvgIpc) is 2.53. The molecule has 0 fully saturated rings. The summed E-state index contributed by atoms with van der Waals surface area (Å²) in [5.41, 5.74) is 2.06. The van der Waals surface area contributed by atoms with Crippen LogP contribution in [0.1, 0.15) is 6.42 Å². The summed E-state index contributed by atoms with van der Waals surface area (Å²) < 4.78 is 31.6. The molecule has 0 saturated heterocycles. The minimum Gasteiger partial charge on any atom is -0.385 e. The smallest absolute Gasteiger partial charge is 0.240 e. The molecular formula is C16H19NO3S. The van der Waals surface area contributed by atoms with Crippen molar-refractivity contribution in [3.8, 4) is 11.1 Å². The van der Waals surface area contributed by atoms with E-state index in [9.17, 15) is 8.42 Å². The molecule has 0 amide bonds. The van der Waals surface area contributed by atoms with Gasteiger partial charge in [0.2, 0.25) is 10.0 Å². The lowest BCUT2D eigenvalue weighted by Gasteiger charge is -2.07. The number of methoxy groups -OCH3 is 1. The molecule has 0 heterocycles. The van der Waals surface area contributed by atoms with Gasteiger partial charge in [-0.3, -0.25) is 0 Å². The Labute approximate surface area is 125 Å². The number of hydrogen-bond donors (Lipinski definition) is 1. The summed E-state index contributed by atoms with van der Waals surface area (Å²) in [6.45, 7) is 0.909. The van der Waals surface area contributed by atoms with Gasteiger partial charge in [-0.15, -0.1) is 0 Å². The highest BCUT2D eigenvalue weighted by atomic mass is 32.2. The molecule has 0 aliphatic heterocycles. The van der Waals surface area contributed by atoms with Crippen molar-refractivity contribution in [1.82, 2.24) is 4.72 Å². The normalized spacial score (nSPS) is 11.5. The molecule has 2 rings (SSSR count). The molecule has 0 spiro atoms. The van der Waals surface area contributed by atoms with Gasteiger partial charge in [-0.25, -0.2) is 13.1 Å². The molecule has 0 aliphatic rings. The van der Waals surface area contributed by atoms with Crippen LogP contribution in [0.5, 0.6) is 0 Å². The van der Waals surface area contributed by atoms with Gasteiger partial charge in [-0.05, 0) is 29.7 Å². The van der Waals surface area contributed by atoms with E-state index in [0.29, 0.717) is 19.6 Å². The Morgan fingerprint density at radius 3 is 2.19 bits per heavy atom. The van der Waals surface area contributed by atoms with Gasteiger partial charge in [-0.2, -0.15) is 0 Å². The molecule has 0 atom stereocenters. The van der Waals surface area contributed by atoms with E-state index in [1.54, 1.807) is 19.2 Å². The fourth-order valence-corrected chi connectivity index (χ4v) is 3.04. The van der Waals surface area contributed by atoms with Crippen LogP contribution in [0.4, 0.5) is 0 Å². The highest BCUT2D eigenvalue weighted by molar-refractivity contribution is 7.89. The van der Waals surface area contributed by atoms with Gasteiger partial charge < -0.3 is 4.74 Å². The number of nitrogens with one attached hydrogen (secondary N) is 1. The van der Waals surface area contributed by atoms with Crippen LogP contribution in [0.25, 0.3) is 11.1 Å². The van der Waals surface area contributed by atoms with E-state index in [1.807, 2.05) is 42.5 Å². The summed E-state index contributed by atoms with van der Waals surface area (Å²) in [6, 6.07) is 16.7. The summed E-state index contributed by atoms with van der Waals surface area (Å²) in [4.78, 5) is 0.277. The largest absolute Gasteiger partial charge is 0.385 e. The molecular weight excluding hydrogens is 286 g/mol. The summed E-state index contributed by atoms with van der Waals surface area (Å²) >= 11 is 0. The van der Waals surface area contributed by atoms with Crippen molar-refractivity contribution in [3.05, 3.63) is 54.6 Å². The van der Waals surface area contributed by atoms with Gasteiger partial charge in [0, 0.05) is 20.3 Å². The van der Waals surface area contributed by atoms with Gasteiger partial charge in [0.1, 0.15) is 0 Å². The summed E-state index contributed by atoms with van der Waals surface area (Å²) in [5, 5.41) is 0. The third-order valence-corrected chi connectivity index (χ3v) is 4.57. The van der Waals surface area contributed by atoms with Gasteiger partial charge in [0.15, 0.2) is 0 Å². The van der Waals surface area contributed by atoms with Crippen LogP contribution < -0.4 is 4.72 Å². The Morgan fingerprint density at radius 1 is 0.952 bits per heavy atom. The lowest BCUT2D eigenvalue weighted by molar-refractivity contribution is 0.196. The first-order valence-electron chi connectivity index (χ1n) is 6.77. The third-order valence-electron chi connectivity index (χ3n) is 3.09. The number of rotatable bonds is 7.